The van der Waals surface area contributed by atoms with Crippen LogP contribution in [0.3, 0.4) is 0 Å². The summed E-state index contributed by atoms with van der Waals surface area (Å²) in [5.41, 5.74) is 0.363. The van der Waals surface area contributed by atoms with Gasteiger partial charge in [0.05, 0.1) is 12.0 Å². The molecule has 1 aromatic rings. The predicted octanol–water partition coefficient (Wildman–Crippen LogP) is 7.30. The van der Waals surface area contributed by atoms with Crippen LogP contribution in [0.4, 0.5) is 13.2 Å². The van der Waals surface area contributed by atoms with E-state index in [1.54, 1.807) is 50.3 Å². The topological polar surface area (TPSA) is 56.9 Å². The molecule has 0 saturated heterocycles. The van der Waals surface area contributed by atoms with Crippen LogP contribution in [0.25, 0.3) is 0 Å². The second-order valence-corrected chi connectivity index (χ2v) is 8.34. The molecule has 31 heavy (non-hydrogen) atoms. The maximum Gasteiger partial charge on any atom is 0.426 e. The molecule has 1 fully saturated rings. The van der Waals surface area contributed by atoms with Crippen molar-refractivity contribution in [2.75, 3.05) is 0 Å². The molecule has 0 amide bonds. The van der Waals surface area contributed by atoms with Crippen LogP contribution in [0.15, 0.2) is 72.5 Å². The summed E-state index contributed by atoms with van der Waals surface area (Å²) < 4.78 is 44.1. The van der Waals surface area contributed by atoms with E-state index in [2.05, 4.69) is 19.2 Å². The van der Waals surface area contributed by atoms with Crippen molar-refractivity contribution in [1.82, 2.24) is 0 Å². The number of benzene rings is 1. The zero-order valence-corrected chi connectivity index (χ0v) is 18.1. The van der Waals surface area contributed by atoms with Gasteiger partial charge in [-0.15, -0.1) is 0 Å². The standard InChI is InChI=1S/C24H24ClF3N2O/c1-5-8-17(6-2)31-18-10-7-9-15(11-18)16(14-29)12-20(30)22-19(23(22,3)4)13-21(25)24(26,27)28/h5-11,13,16,19,22,30H,1-2,12H2,3-4H3/b17-8+,21-13-,30-20?. The highest BCUT2D eigenvalue weighted by Crippen LogP contribution is 2.61. The minimum Gasteiger partial charge on any atom is -0.457 e. The SMILES string of the molecule is C=C/C=C(\C=C)Oc1cccc(C(C#N)CC(=N)C2C(/C=C(\Cl)C(F)(F)F)C2(C)C)c1. The Labute approximate surface area is 185 Å². The second kappa shape index (κ2) is 9.57. The molecule has 0 spiro atoms. The predicted molar refractivity (Wildman–Crippen MR) is 117 cm³/mol. The third kappa shape index (κ3) is 5.89. The largest absolute Gasteiger partial charge is 0.457 e. The minimum atomic E-state index is -4.60. The van der Waals surface area contributed by atoms with E-state index in [0.29, 0.717) is 17.1 Å². The summed E-state index contributed by atoms with van der Waals surface area (Å²) in [5.74, 6) is -0.541. The van der Waals surface area contributed by atoms with Crippen LogP contribution in [0.1, 0.15) is 31.7 Å². The molecule has 1 aliphatic carbocycles. The number of nitriles is 1. The Kier molecular flexibility index (Phi) is 7.56. The van der Waals surface area contributed by atoms with Gasteiger partial charge in [-0.2, -0.15) is 18.4 Å². The van der Waals surface area contributed by atoms with Crippen molar-refractivity contribution in [3.8, 4) is 11.8 Å². The Hall–Kier alpha value is -2.78. The van der Waals surface area contributed by atoms with Crippen LogP contribution in [-0.4, -0.2) is 11.9 Å². The second-order valence-electron chi connectivity index (χ2n) is 7.93. The van der Waals surface area contributed by atoms with Crippen molar-refractivity contribution >= 4 is 17.3 Å². The lowest BCUT2D eigenvalue weighted by Crippen LogP contribution is -2.10. The molecular formula is C24H24ClF3N2O. The van der Waals surface area contributed by atoms with Crippen LogP contribution in [0.2, 0.25) is 0 Å². The van der Waals surface area contributed by atoms with E-state index >= 15 is 0 Å². The maximum atomic E-state index is 12.8. The van der Waals surface area contributed by atoms with Crippen LogP contribution < -0.4 is 4.74 Å². The number of rotatable bonds is 9. The first kappa shape index (κ1) is 24.5. The summed E-state index contributed by atoms with van der Waals surface area (Å²) in [4.78, 5) is 0. The van der Waals surface area contributed by atoms with Crippen molar-refractivity contribution in [1.29, 1.82) is 10.7 Å². The van der Waals surface area contributed by atoms with Gasteiger partial charge >= 0.3 is 6.18 Å². The fraction of sp³-hybridized carbons (Fsp3) is 0.333. The Morgan fingerprint density at radius 1 is 1.39 bits per heavy atom. The first-order valence-corrected chi connectivity index (χ1v) is 9.97. The lowest BCUT2D eigenvalue weighted by molar-refractivity contribution is -0.0848. The van der Waals surface area contributed by atoms with Crippen molar-refractivity contribution in [3.05, 3.63) is 78.1 Å². The fourth-order valence-electron chi connectivity index (χ4n) is 3.68. The molecule has 0 aliphatic heterocycles. The van der Waals surface area contributed by atoms with Crippen LogP contribution in [-0.2, 0) is 0 Å². The molecule has 3 nitrogen and oxygen atoms in total. The fourth-order valence-corrected chi connectivity index (χ4v) is 3.82. The molecule has 1 saturated carbocycles. The molecule has 0 radical (unpaired) electrons. The van der Waals surface area contributed by atoms with Crippen LogP contribution >= 0.6 is 11.6 Å². The summed E-state index contributed by atoms with van der Waals surface area (Å²) in [6, 6.07) is 9.12. The highest BCUT2D eigenvalue weighted by Gasteiger charge is 2.59. The van der Waals surface area contributed by atoms with Gasteiger partial charge in [0.15, 0.2) is 0 Å². The number of ether oxygens (including phenoxy) is 1. The number of nitrogens with one attached hydrogen (secondary N) is 1. The van der Waals surface area contributed by atoms with E-state index in [9.17, 15) is 18.4 Å². The summed E-state index contributed by atoms with van der Waals surface area (Å²) in [6.07, 6.45) is 1.23. The summed E-state index contributed by atoms with van der Waals surface area (Å²) in [6.45, 7) is 10.9. The van der Waals surface area contributed by atoms with Crippen LogP contribution in [0, 0.1) is 34.0 Å². The van der Waals surface area contributed by atoms with Crippen molar-refractivity contribution < 1.29 is 17.9 Å². The molecule has 7 heteroatoms. The van der Waals surface area contributed by atoms with E-state index in [4.69, 9.17) is 21.7 Å². The normalized spacial score (nSPS) is 21.6. The van der Waals surface area contributed by atoms with Gasteiger partial charge in [0.25, 0.3) is 0 Å². The molecule has 0 aromatic heterocycles. The monoisotopic (exact) mass is 448 g/mol. The first-order valence-electron chi connectivity index (χ1n) is 9.60. The maximum absolute atomic E-state index is 12.8. The van der Waals surface area contributed by atoms with E-state index < -0.39 is 34.4 Å². The van der Waals surface area contributed by atoms with E-state index in [1.807, 2.05) is 0 Å². The third-order valence-corrected chi connectivity index (χ3v) is 5.78. The summed E-state index contributed by atoms with van der Waals surface area (Å²) in [7, 11) is 0. The summed E-state index contributed by atoms with van der Waals surface area (Å²) >= 11 is 5.39. The number of halogens is 4. The lowest BCUT2D eigenvalue weighted by atomic mass is 9.91. The zero-order chi connectivity index (χ0) is 23.4. The molecule has 164 valence electrons. The lowest BCUT2D eigenvalue weighted by Gasteiger charge is -2.13. The van der Waals surface area contributed by atoms with Gasteiger partial charge in [0, 0.05) is 18.1 Å². The van der Waals surface area contributed by atoms with E-state index in [1.165, 1.54) is 6.08 Å². The average molecular weight is 449 g/mol. The highest BCUT2D eigenvalue weighted by atomic mass is 35.5. The van der Waals surface area contributed by atoms with Gasteiger partial charge in [-0.05, 0) is 41.2 Å². The number of hydrogen-bond donors (Lipinski definition) is 1. The Balaban J connectivity index is 2.17. The quantitative estimate of drug-likeness (QED) is 0.245. The average Bonchev–Trinajstić information content (AvgIpc) is 3.24. The van der Waals surface area contributed by atoms with E-state index in [0.717, 1.165) is 6.08 Å². The molecule has 1 aliphatic rings. The Morgan fingerprint density at radius 3 is 2.61 bits per heavy atom. The van der Waals surface area contributed by atoms with Gasteiger partial charge in [-0.25, -0.2) is 0 Å². The molecule has 2 rings (SSSR count). The molecular weight excluding hydrogens is 425 g/mol. The van der Waals surface area contributed by atoms with Crippen LogP contribution in [0.5, 0.6) is 5.75 Å². The highest BCUT2D eigenvalue weighted by molar-refractivity contribution is 6.30. The molecule has 0 bridgehead atoms. The van der Waals surface area contributed by atoms with Crippen molar-refractivity contribution in [2.24, 2.45) is 17.3 Å². The third-order valence-electron chi connectivity index (χ3n) is 5.44. The number of nitrogens with zero attached hydrogens (tertiary/aromatic N) is 1. The molecule has 0 heterocycles. The Morgan fingerprint density at radius 2 is 2.06 bits per heavy atom. The van der Waals surface area contributed by atoms with E-state index in [-0.39, 0.29) is 12.1 Å². The van der Waals surface area contributed by atoms with Gasteiger partial charge in [0.2, 0.25) is 0 Å². The molecule has 3 atom stereocenters. The first-order chi connectivity index (χ1) is 14.4. The van der Waals surface area contributed by atoms with Gasteiger partial charge in [0.1, 0.15) is 16.5 Å². The zero-order valence-electron chi connectivity index (χ0n) is 17.3. The summed E-state index contributed by atoms with van der Waals surface area (Å²) in [5, 5.41) is 17.0. The van der Waals surface area contributed by atoms with Crippen molar-refractivity contribution in [3.63, 3.8) is 0 Å². The van der Waals surface area contributed by atoms with Gasteiger partial charge in [-0.1, -0.05) is 62.9 Å². The van der Waals surface area contributed by atoms with Crippen molar-refractivity contribution in [2.45, 2.75) is 32.4 Å². The molecule has 1 aromatic carbocycles. The van der Waals surface area contributed by atoms with Gasteiger partial charge in [-0.3, -0.25) is 0 Å². The van der Waals surface area contributed by atoms with Gasteiger partial charge < -0.3 is 10.1 Å². The Bertz CT molecular complexity index is 970. The number of allylic oxidation sites excluding steroid dienone is 5. The number of alkyl halides is 3. The molecule has 1 N–H and O–H groups in total. The molecule has 3 unspecified atom stereocenters. The number of hydrogen-bond acceptors (Lipinski definition) is 3. The smallest absolute Gasteiger partial charge is 0.426 e. The minimum absolute atomic E-state index is 0.110.